The highest BCUT2D eigenvalue weighted by molar-refractivity contribution is 5.82. The highest BCUT2D eigenvalue weighted by Gasteiger charge is 2.08. The van der Waals surface area contributed by atoms with Gasteiger partial charge in [0.25, 0.3) is 5.91 Å². The number of aldehydes is 1. The first-order valence-electron chi connectivity index (χ1n) is 10.4. The number of carbonyl (C=O) groups is 2. The monoisotopic (exact) mass is 425 g/mol. The minimum atomic E-state index is -0.274. The molecule has 1 rings (SSSR count). The van der Waals surface area contributed by atoms with E-state index in [0.29, 0.717) is 64.1 Å². The van der Waals surface area contributed by atoms with Gasteiger partial charge in [-0.05, 0) is 25.0 Å². The smallest absolute Gasteiger partial charge is 0.258 e. The van der Waals surface area contributed by atoms with Gasteiger partial charge in [-0.3, -0.25) is 9.59 Å². The van der Waals surface area contributed by atoms with Crippen molar-refractivity contribution in [1.82, 2.24) is 5.32 Å². The largest absolute Gasteiger partial charge is 0.483 e. The quantitative estimate of drug-likeness (QED) is 0.268. The molecular weight excluding hydrogens is 390 g/mol. The average molecular weight is 426 g/mol. The highest BCUT2D eigenvalue weighted by atomic mass is 16.6. The molecule has 0 heterocycles. The molecule has 1 aromatic carbocycles. The van der Waals surface area contributed by atoms with Crippen LogP contribution in [-0.4, -0.2) is 78.2 Å². The molecule has 1 aromatic rings. The predicted octanol–water partition coefficient (Wildman–Crippen LogP) is 2.17. The summed E-state index contributed by atoms with van der Waals surface area (Å²) in [5.74, 6) is 0.130. The molecule has 0 saturated heterocycles. The third-order valence-electron chi connectivity index (χ3n) is 4.09. The highest BCUT2D eigenvalue weighted by Crippen LogP contribution is 2.19. The van der Waals surface area contributed by atoms with E-state index in [2.05, 4.69) is 12.2 Å². The zero-order valence-electron chi connectivity index (χ0n) is 18.2. The normalized spacial score (nSPS) is 10.7. The molecule has 0 aliphatic heterocycles. The van der Waals surface area contributed by atoms with E-state index >= 15 is 0 Å². The van der Waals surface area contributed by atoms with Gasteiger partial charge in [-0.2, -0.15) is 0 Å². The van der Waals surface area contributed by atoms with E-state index in [9.17, 15) is 9.59 Å². The first-order chi connectivity index (χ1) is 14.7. The van der Waals surface area contributed by atoms with E-state index < -0.39 is 0 Å². The fourth-order valence-corrected chi connectivity index (χ4v) is 2.40. The van der Waals surface area contributed by atoms with Crippen LogP contribution in [0.1, 0.15) is 35.7 Å². The number of nitrogens with one attached hydrogen (secondary N) is 1. The number of benzene rings is 1. The molecule has 170 valence electrons. The summed E-state index contributed by atoms with van der Waals surface area (Å²) >= 11 is 0. The summed E-state index contributed by atoms with van der Waals surface area (Å²) in [7, 11) is 0. The second-order valence-corrected chi connectivity index (χ2v) is 6.55. The molecule has 0 aliphatic carbocycles. The summed E-state index contributed by atoms with van der Waals surface area (Å²) in [5, 5.41) is 2.70. The maximum absolute atomic E-state index is 11.8. The zero-order chi connectivity index (χ0) is 21.9. The second-order valence-electron chi connectivity index (χ2n) is 6.55. The van der Waals surface area contributed by atoms with Crippen molar-refractivity contribution in [2.24, 2.45) is 0 Å². The molecule has 8 nitrogen and oxygen atoms in total. The van der Waals surface area contributed by atoms with Gasteiger partial charge in [0.05, 0.1) is 51.8 Å². The number of hydrogen-bond donors (Lipinski definition) is 1. The van der Waals surface area contributed by atoms with Gasteiger partial charge in [-0.15, -0.1) is 0 Å². The lowest BCUT2D eigenvalue weighted by Gasteiger charge is -2.10. The fourth-order valence-electron chi connectivity index (χ4n) is 2.40. The molecule has 0 saturated carbocycles. The van der Waals surface area contributed by atoms with Gasteiger partial charge >= 0.3 is 0 Å². The van der Waals surface area contributed by atoms with Crippen molar-refractivity contribution in [3.05, 3.63) is 29.3 Å². The van der Waals surface area contributed by atoms with Gasteiger partial charge in [-0.1, -0.05) is 25.5 Å². The minimum Gasteiger partial charge on any atom is -0.483 e. The Morgan fingerprint density at radius 1 is 0.933 bits per heavy atom. The van der Waals surface area contributed by atoms with Gasteiger partial charge in [0.15, 0.2) is 12.9 Å². The molecule has 8 heteroatoms. The lowest BCUT2D eigenvalue weighted by atomic mass is 10.1. The Labute approximate surface area is 179 Å². The van der Waals surface area contributed by atoms with Crippen molar-refractivity contribution < 1.29 is 33.3 Å². The molecule has 0 aromatic heterocycles. The number of amides is 1. The Hall–Kier alpha value is -2.00. The molecule has 0 unspecified atom stereocenters. The molecule has 0 bridgehead atoms. The van der Waals surface area contributed by atoms with Crippen LogP contribution in [0, 0.1) is 6.92 Å². The van der Waals surface area contributed by atoms with Crippen molar-refractivity contribution in [2.45, 2.75) is 26.7 Å². The number of aryl methyl sites for hydroxylation is 1. The Morgan fingerprint density at radius 2 is 1.53 bits per heavy atom. The molecule has 30 heavy (non-hydrogen) atoms. The summed E-state index contributed by atoms with van der Waals surface area (Å²) in [6, 6.07) is 5.26. The fraction of sp³-hybridized carbons (Fsp3) is 0.636. The van der Waals surface area contributed by atoms with Crippen molar-refractivity contribution in [1.29, 1.82) is 0 Å². The summed E-state index contributed by atoms with van der Waals surface area (Å²) in [5.41, 5.74) is 1.26. The number of unbranched alkanes of at least 4 members (excludes halogenated alkanes) is 1. The topological polar surface area (TPSA) is 92.3 Å². The number of carbonyl (C=O) groups excluding carboxylic acids is 2. The maximum atomic E-state index is 11.8. The Morgan fingerprint density at radius 3 is 2.13 bits per heavy atom. The van der Waals surface area contributed by atoms with Crippen LogP contribution in [0.3, 0.4) is 0 Å². The zero-order valence-corrected chi connectivity index (χ0v) is 18.2. The van der Waals surface area contributed by atoms with Crippen molar-refractivity contribution in [2.75, 3.05) is 66.0 Å². The van der Waals surface area contributed by atoms with Crippen LogP contribution in [0.5, 0.6) is 5.75 Å². The van der Waals surface area contributed by atoms with E-state index in [1.807, 2.05) is 13.0 Å². The van der Waals surface area contributed by atoms with E-state index in [4.69, 9.17) is 23.7 Å². The van der Waals surface area contributed by atoms with Crippen molar-refractivity contribution in [3.63, 3.8) is 0 Å². The number of hydrogen-bond acceptors (Lipinski definition) is 7. The van der Waals surface area contributed by atoms with Crippen LogP contribution in [0.2, 0.25) is 0 Å². The Bertz CT molecular complexity index is 595. The molecule has 0 aliphatic rings. The summed E-state index contributed by atoms with van der Waals surface area (Å²) < 4.78 is 27.0. The Kier molecular flexibility index (Phi) is 15.5. The van der Waals surface area contributed by atoms with Gasteiger partial charge in [0, 0.05) is 13.2 Å². The van der Waals surface area contributed by atoms with Crippen LogP contribution in [0.15, 0.2) is 18.2 Å². The van der Waals surface area contributed by atoms with Gasteiger partial charge in [-0.25, -0.2) is 0 Å². The summed E-state index contributed by atoms with van der Waals surface area (Å²) in [6.45, 7) is 8.47. The lowest BCUT2D eigenvalue weighted by molar-refractivity contribution is -0.123. The van der Waals surface area contributed by atoms with Crippen LogP contribution >= 0.6 is 0 Å². The van der Waals surface area contributed by atoms with E-state index in [0.717, 1.165) is 31.3 Å². The predicted molar refractivity (Wildman–Crippen MR) is 113 cm³/mol. The number of rotatable bonds is 19. The molecule has 0 radical (unpaired) electrons. The first kappa shape index (κ1) is 26.0. The molecule has 1 N–H and O–H groups in total. The minimum absolute atomic E-state index is 0.156. The summed E-state index contributed by atoms with van der Waals surface area (Å²) in [6.07, 6.45) is 2.94. The maximum Gasteiger partial charge on any atom is 0.258 e. The van der Waals surface area contributed by atoms with E-state index in [1.54, 1.807) is 12.1 Å². The first-order valence-corrected chi connectivity index (χ1v) is 10.4. The lowest BCUT2D eigenvalue weighted by Crippen LogP contribution is -2.32. The molecule has 0 fully saturated rings. The molecular formula is C22H35NO7. The second kappa shape index (κ2) is 17.8. The summed E-state index contributed by atoms with van der Waals surface area (Å²) in [4.78, 5) is 22.9. The van der Waals surface area contributed by atoms with Crippen LogP contribution in [-0.2, 0) is 23.7 Å². The van der Waals surface area contributed by atoms with Crippen molar-refractivity contribution >= 4 is 12.2 Å². The van der Waals surface area contributed by atoms with E-state index in [-0.39, 0.29) is 12.5 Å². The van der Waals surface area contributed by atoms with Gasteiger partial charge in [0.1, 0.15) is 5.75 Å². The number of ether oxygens (including phenoxy) is 5. The SMILES string of the molecule is CCCCOCCOCCOCCOCCNC(=O)COc1cccc(C)c1C=O. The third kappa shape index (κ3) is 12.5. The van der Waals surface area contributed by atoms with Crippen LogP contribution in [0.4, 0.5) is 0 Å². The average Bonchev–Trinajstić information content (AvgIpc) is 2.75. The van der Waals surface area contributed by atoms with Gasteiger partial charge in [0.2, 0.25) is 0 Å². The van der Waals surface area contributed by atoms with E-state index in [1.165, 1.54) is 0 Å². The van der Waals surface area contributed by atoms with Crippen LogP contribution < -0.4 is 10.1 Å². The van der Waals surface area contributed by atoms with Crippen LogP contribution in [0.25, 0.3) is 0 Å². The van der Waals surface area contributed by atoms with Gasteiger partial charge < -0.3 is 29.0 Å². The standard InChI is InChI=1S/C22H35NO7/c1-3-4-9-26-11-13-28-15-16-29-14-12-27-10-8-23-22(25)18-30-21-7-5-6-19(2)20(21)17-24/h5-7,17H,3-4,8-16,18H2,1-2H3,(H,23,25). The molecule has 0 spiro atoms. The molecule has 1 amide bonds. The third-order valence-corrected chi connectivity index (χ3v) is 4.09. The van der Waals surface area contributed by atoms with Crippen molar-refractivity contribution in [3.8, 4) is 5.75 Å². The Balaban J connectivity index is 1.91. The molecule has 0 atom stereocenters.